The molecule has 1 aliphatic heterocycles. The first-order chi connectivity index (χ1) is 11.9. The van der Waals surface area contributed by atoms with Crippen LogP contribution in [0.5, 0.6) is 0 Å². The van der Waals surface area contributed by atoms with Crippen LogP contribution in [0.25, 0.3) is 0 Å². The Hall–Kier alpha value is -0.930. The van der Waals surface area contributed by atoms with E-state index in [4.69, 9.17) is 11.6 Å². The molecular formula is C16H16BrClN2O3S2. The molecule has 2 aromatic rings. The molecule has 0 unspecified atom stereocenters. The van der Waals surface area contributed by atoms with Crippen molar-refractivity contribution in [1.29, 1.82) is 0 Å². The fourth-order valence-electron chi connectivity index (χ4n) is 2.73. The summed E-state index contributed by atoms with van der Waals surface area (Å²) in [6, 6.07) is 8.29. The quantitative estimate of drug-likeness (QED) is 0.751. The Morgan fingerprint density at radius 3 is 2.64 bits per heavy atom. The van der Waals surface area contributed by atoms with Crippen molar-refractivity contribution in [3.05, 3.63) is 50.8 Å². The van der Waals surface area contributed by atoms with Gasteiger partial charge in [-0.25, -0.2) is 13.1 Å². The number of carbonyl (C=O) groups is 1. The molecule has 0 aliphatic carbocycles. The highest BCUT2D eigenvalue weighted by atomic mass is 79.9. The molecule has 0 saturated carbocycles. The van der Waals surface area contributed by atoms with Crippen molar-refractivity contribution in [3.63, 3.8) is 0 Å². The molecule has 9 heteroatoms. The van der Waals surface area contributed by atoms with E-state index in [0.29, 0.717) is 40.7 Å². The number of sulfonamides is 1. The second-order valence-corrected chi connectivity index (χ2v) is 9.96. The molecule has 1 amide bonds. The molecule has 2 heterocycles. The van der Waals surface area contributed by atoms with Crippen molar-refractivity contribution in [3.8, 4) is 0 Å². The van der Waals surface area contributed by atoms with Crippen LogP contribution in [0.3, 0.4) is 0 Å². The zero-order valence-electron chi connectivity index (χ0n) is 13.1. The van der Waals surface area contributed by atoms with Crippen molar-refractivity contribution in [1.82, 2.24) is 9.62 Å². The highest BCUT2D eigenvalue weighted by Gasteiger charge is 2.28. The molecule has 0 bridgehead atoms. The van der Waals surface area contributed by atoms with Crippen LogP contribution in [0.15, 0.2) is 44.4 Å². The van der Waals surface area contributed by atoms with Crippen LogP contribution in [0.4, 0.5) is 0 Å². The first-order valence-electron chi connectivity index (χ1n) is 7.67. The molecule has 3 rings (SSSR count). The number of piperidine rings is 1. The first-order valence-corrected chi connectivity index (χ1v) is 11.2. The van der Waals surface area contributed by atoms with Gasteiger partial charge in [-0.3, -0.25) is 4.79 Å². The van der Waals surface area contributed by atoms with Gasteiger partial charge >= 0.3 is 0 Å². The number of nitrogens with one attached hydrogen (secondary N) is 1. The largest absolute Gasteiger partial charge is 0.338 e. The number of thiophene rings is 1. The van der Waals surface area contributed by atoms with Crippen molar-refractivity contribution < 1.29 is 13.2 Å². The molecule has 1 saturated heterocycles. The summed E-state index contributed by atoms with van der Waals surface area (Å²) in [5.74, 6) is -0.133. The standard InChI is InChI=1S/C16H16BrClN2O3S2/c17-11-3-4-14(18)13(10-11)16(21)20-7-5-12(6-8-20)19-25(22,23)15-2-1-9-24-15/h1-4,9-10,12,19H,5-8H2. The van der Waals surface area contributed by atoms with Gasteiger partial charge in [-0.15, -0.1) is 11.3 Å². The highest BCUT2D eigenvalue weighted by Crippen LogP contribution is 2.24. The maximum absolute atomic E-state index is 12.6. The lowest BCUT2D eigenvalue weighted by atomic mass is 10.0. The molecule has 1 fully saturated rings. The van der Waals surface area contributed by atoms with Crippen LogP contribution in [0.2, 0.25) is 5.02 Å². The Labute approximate surface area is 164 Å². The number of nitrogens with zero attached hydrogens (tertiary/aromatic N) is 1. The van der Waals surface area contributed by atoms with Gasteiger partial charge in [0, 0.05) is 23.6 Å². The molecule has 1 aliphatic rings. The van der Waals surface area contributed by atoms with Crippen LogP contribution >= 0.6 is 38.9 Å². The number of rotatable bonds is 4. The summed E-state index contributed by atoms with van der Waals surface area (Å²) >= 11 is 10.7. The van der Waals surface area contributed by atoms with E-state index in [1.807, 2.05) is 0 Å². The molecule has 1 aromatic carbocycles. The molecule has 0 spiro atoms. The SMILES string of the molecule is O=C(c1cc(Br)ccc1Cl)N1CCC(NS(=O)(=O)c2cccs2)CC1. The third kappa shape index (κ3) is 4.43. The Kier molecular flexibility index (Phi) is 5.85. The van der Waals surface area contributed by atoms with Gasteiger partial charge < -0.3 is 4.90 Å². The summed E-state index contributed by atoms with van der Waals surface area (Å²) in [6.45, 7) is 0.971. The number of carbonyl (C=O) groups excluding carboxylic acids is 1. The fraction of sp³-hybridized carbons (Fsp3) is 0.312. The minimum absolute atomic E-state index is 0.133. The van der Waals surface area contributed by atoms with Gasteiger partial charge in [0.1, 0.15) is 4.21 Å². The van der Waals surface area contributed by atoms with Gasteiger partial charge in [-0.05, 0) is 42.5 Å². The smallest absolute Gasteiger partial charge is 0.255 e. The second kappa shape index (κ2) is 7.75. The molecular weight excluding hydrogens is 448 g/mol. The third-order valence-corrected chi connectivity index (χ3v) is 7.76. The van der Waals surface area contributed by atoms with Gasteiger partial charge in [-0.2, -0.15) is 0 Å². The summed E-state index contributed by atoms with van der Waals surface area (Å²) in [5.41, 5.74) is 0.452. The van der Waals surface area contributed by atoms with E-state index >= 15 is 0 Å². The predicted octanol–water partition coefficient (Wildman–Crippen LogP) is 3.75. The van der Waals surface area contributed by atoms with E-state index in [1.54, 1.807) is 40.6 Å². The minimum Gasteiger partial charge on any atom is -0.338 e. The van der Waals surface area contributed by atoms with Crippen LogP contribution in [-0.4, -0.2) is 38.4 Å². The number of hydrogen-bond donors (Lipinski definition) is 1. The van der Waals surface area contributed by atoms with E-state index in [0.717, 1.165) is 4.47 Å². The first kappa shape index (κ1) is 18.8. The van der Waals surface area contributed by atoms with E-state index < -0.39 is 10.0 Å². The monoisotopic (exact) mass is 462 g/mol. The zero-order chi connectivity index (χ0) is 18.0. The number of likely N-dealkylation sites (tertiary alicyclic amines) is 1. The second-order valence-electron chi connectivity index (χ2n) is 5.74. The summed E-state index contributed by atoms with van der Waals surface area (Å²) in [4.78, 5) is 14.3. The average molecular weight is 464 g/mol. The molecule has 1 N–H and O–H groups in total. The normalized spacial score (nSPS) is 16.2. The lowest BCUT2D eigenvalue weighted by Crippen LogP contribution is -2.46. The number of halogens is 2. The zero-order valence-corrected chi connectivity index (χ0v) is 17.1. The van der Waals surface area contributed by atoms with Crippen LogP contribution in [0, 0.1) is 0 Å². The van der Waals surface area contributed by atoms with Gasteiger partial charge in [0.05, 0.1) is 10.6 Å². The van der Waals surface area contributed by atoms with Crippen LogP contribution in [0.1, 0.15) is 23.2 Å². The molecule has 0 radical (unpaired) electrons. The van der Waals surface area contributed by atoms with Gasteiger partial charge in [0.15, 0.2) is 0 Å². The van der Waals surface area contributed by atoms with Crippen molar-refractivity contribution in [2.45, 2.75) is 23.1 Å². The summed E-state index contributed by atoms with van der Waals surface area (Å²) in [7, 11) is -3.48. The number of hydrogen-bond acceptors (Lipinski definition) is 4. The molecule has 1 aromatic heterocycles. The molecule has 0 atom stereocenters. The van der Waals surface area contributed by atoms with Gasteiger partial charge in [-0.1, -0.05) is 33.6 Å². The third-order valence-electron chi connectivity index (χ3n) is 4.02. The fourth-order valence-corrected chi connectivity index (χ4v) is 5.60. The number of amides is 1. The van der Waals surface area contributed by atoms with Crippen molar-refractivity contribution in [2.24, 2.45) is 0 Å². The van der Waals surface area contributed by atoms with Gasteiger partial charge in [0.25, 0.3) is 5.91 Å². The Morgan fingerprint density at radius 1 is 1.28 bits per heavy atom. The molecule has 134 valence electrons. The van der Waals surface area contributed by atoms with Crippen molar-refractivity contribution in [2.75, 3.05) is 13.1 Å². The molecule has 25 heavy (non-hydrogen) atoms. The predicted molar refractivity (Wildman–Crippen MR) is 103 cm³/mol. The average Bonchev–Trinajstić information content (AvgIpc) is 3.12. The van der Waals surface area contributed by atoms with Crippen LogP contribution in [-0.2, 0) is 10.0 Å². The molecule has 5 nitrogen and oxygen atoms in total. The minimum atomic E-state index is -3.48. The Morgan fingerprint density at radius 2 is 2.00 bits per heavy atom. The number of benzene rings is 1. The van der Waals surface area contributed by atoms with E-state index in [1.165, 1.54) is 11.3 Å². The maximum Gasteiger partial charge on any atom is 0.255 e. The summed E-state index contributed by atoms with van der Waals surface area (Å²) in [5, 5.41) is 2.14. The highest BCUT2D eigenvalue weighted by molar-refractivity contribution is 9.10. The summed E-state index contributed by atoms with van der Waals surface area (Å²) in [6.07, 6.45) is 1.14. The Bertz CT molecular complexity index is 864. The van der Waals surface area contributed by atoms with E-state index in [2.05, 4.69) is 20.7 Å². The maximum atomic E-state index is 12.6. The van der Waals surface area contributed by atoms with Crippen molar-refractivity contribution >= 4 is 54.8 Å². The lowest BCUT2D eigenvalue weighted by Gasteiger charge is -2.32. The lowest BCUT2D eigenvalue weighted by molar-refractivity contribution is 0.0711. The Balaban J connectivity index is 1.62. The summed E-state index contributed by atoms with van der Waals surface area (Å²) < 4.78 is 28.4. The van der Waals surface area contributed by atoms with E-state index in [-0.39, 0.29) is 11.9 Å². The topological polar surface area (TPSA) is 66.5 Å². The van der Waals surface area contributed by atoms with Crippen LogP contribution < -0.4 is 4.72 Å². The van der Waals surface area contributed by atoms with E-state index in [9.17, 15) is 13.2 Å². The van der Waals surface area contributed by atoms with Gasteiger partial charge in [0.2, 0.25) is 10.0 Å².